The molecule has 27 heavy (non-hydrogen) atoms. The molecular formula is C20H14N4O2S. The SMILES string of the molecule is O=[N+]([O-])c1ccc(N/N=c2/sc3ccccc3nc2-c2ccccc2)cc1. The summed E-state index contributed by atoms with van der Waals surface area (Å²) in [6.45, 7) is 0. The fraction of sp³-hybridized carbons (Fsp3) is 0. The van der Waals surface area contributed by atoms with Gasteiger partial charge in [0.25, 0.3) is 5.69 Å². The molecule has 0 atom stereocenters. The Hall–Kier alpha value is -3.58. The molecule has 4 aromatic rings. The molecule has 0 spiro atoms. The maximum Gasteiger partial charge on any atom is 0.269 e. The third-order valence-electron chi connectivity index (χ3n) is 3.92. The van der Waals surface area contributed by atoms with Gasteiger partial charge in [-0.15, -0.1) is 11.3 Å². The van der Waals surface area contributed by atoms with E-state index in [-0.39, 0.29) is 5.69 Å². The van der Waals surface area contributed by atoms with Gasteiger partial charge in [0.2, 0.25) is 0 Å². The zero-order chi connectivity index (χ0) is 18.6. The van der Waals surface area contributed by atoms with Crippen LogP contribution in [0.5, 0.6) is 0 Å². The third-order valence-corrected chi connectivity index (χ3v) is 4.96. The van der Waals surface area contributed by atoms with E-state index in [0.29, 0.717) is 5.69 Å². The number of anilines is 1. The second kappa shape index (κ2) is 7.35. The number of non-ortho nitro benzene ring substituents is 1. The zero-order valence-corrected chi connectivity index (χ0v) is 14.9. The van der Waals surface area contributed by atoms with Crippen molar-refractivity contribution in [3.8, 4) is 11.3 Å². The number of rotatable bonds is 4. The van der Waals surface area contributed by atoms with E-state index in [2.05, 4.69) is 10.5 Å². The Morgan fingerprint density at radius 2 is 1.63 bits per heavy atom. The van der Waals surface area contributed by atoms with Crippen molar-refractivity contribution in [2.45, 2.75) is 0 Å². The minimum Gasteiger partial charge on any atom is -0.277 e. The van der Waals surface area contributed by atoms with E-state index >= 15 is 0 Å². The van der Waals surface area contributed by atoms with Crippen molar-refractivity contribution in [1.82, 2.24) is 4.98 Å². The second-order valence-corrected chi connectivity index (χ2v) is 6.76. The van der Waals surface area contributed by atoms with E-state index in [9.17, 15) is 10.1 Å². The van der Waals surface area contributed by atoms with Crippen LogP contribution in [0.25, 0.3) is 21.5 Å². The molecule has 0 aliphatic heterocycles. The number of aromatic nitrogens is 1. The Morgan fingerprint density at radius 3 is 2.37 bits per heavy atom. The average molecular weight is 374 g/mol. The first-order valence-electron chi connectivity index (χ1n) is 8.20. The van der Waals surface area contributed by atoms with Crippen molar-refractivity contribution in [1.29, 1.82) is 0 Å². The number of nitrogens with one attached hydrogen (secondary N) is 1. The summed E-state index contributed by atoms with van der Waals surface area (Å²) in [5.41, 5.74) is 6.36. The molecule has 6 nitrogen and oxygen atoms in total. The normalized spacial score (nSPS) is 11.5. The lowest BCUT2D eigenvalue weighted by Crippen LogP contribution is -2.08. The minimum atomic E-state index is -0.427. The van der Waals surface area contributed by atoms with Gasteiger partial charge in [0.1, 0.15) is 5.69 Å². The maximum absolute atomic E-state index is 10.8. The number of nitrogens with zero attached hydrogens (tertiary/aromatic N) is 3. The first-order valence-corrected chi connectivity index (χ1v) is 9.02. The molecule has 1 N–H and O–H groups in total. The first-order chi connectivity index (χ1) is 13.2. The van der Waals surface area contributed by atoms with Crippen molar-refractivity contribution >= 4 is 32.9 Å². The highest BCUT2D eigenvalue weighted by molar-refractivity contribution is 7.16. The molecule has 3 aromatic carbocycles. The van der Waals surface area contributed by atoms with Crippen molar-refractivity contribution in [2.75, 3.05) is 5.43 Å². The largest absolute Gasteiger partial charge is 0.277 e. The van der Waals surface area contributed by atoms with Crippen LogP contribution in [-0.2, 0) is 0 Å². The van der Waals surface area contributed by atoms with E-state index < -0.39 is 4.92 Å². The van der Waals surface area contributed by atoms with Gasteiger partial charge in [0, 0.05) is 17.7 Å². The summed E-state index contributed by atoms with van der Waals surface area (Å²) in [6.07, 6.45) is 0. The van der Waals surface area contributed by atoms with Crippen LogP contribution in [0.2, 0.25) is 0 Å². The topological polar surface area (TPSA) is 80.4 Å². The van der Waals surface area contributed by atoms with Crippen LogP contribution >= 0.6 is 11.3 Å². The minimum absolute atomic E-state index is 0.0423. The quantitative estimate of drug-likeness (QED) is 0.411. The number of fused-ring (bicyclic) bond motifs is 1. The smallest absolute Gasteiger partial charge is 0.269 e. The summed E-state index contributed by atoms with van der Waals surface area (Å²) in [7, 11) is 0. The van der Waals surface area contributed by atoms with Crippen molar-refractivity contribution < 1.29 is 4.92 Å². The standard InChI is InChI=1S/C20H14N4O2S/c25-24(26)16-12-10-15(11-13-16)22-23-20-19(14-6-2-1-3-7-14)21-17-8-4-5-9-18(17)27-20/h1-13,22H/b23-20+. The Balaban J connectivity index is 1.79. The molecule has 0 aliphatic rings. The third kappa shape index (κ3) is 3.68. The molecule has 0 bridgehead atoms. The zero-order valence-electron chi connectivity index (χ0n) is 14.1. The molecule has 0 fully saturated rings. The summed E-state index contributed by atoms with van der Waals surface area (Å²) in [5.74, 6) is 0. The maximum atomic E-state index is 10.8. The van der Waals surface area contributed by atoms with Gasteiger partial charge in [-0.05, 0) is 24.3 Å². The number of benzene rings is 3. The molecule has 0 amide bonds. The van der Waals surface area contributed by atoms with Gasteiger partial charge in [0.15, 0.2) is 4.67 Å². The molecule has 0 unspecified atom stereocenters. The average Bonchev–Trinajstić information content (AvgIpc) is 2.72. The Kier molecular flexibility index (Phi) is 4.59. The molecule has 1 aromatic heterocycles. The summed E-state index contributed by atoms with van der Waals surface area (Å²) >= 11 is 1.54. The lowest BCUT2D eigenvalue weighted by molar-refractivity contribution is -0.384. The number of hydrogen-bond acceptors (Lipinski definition) is 6. The fourth-order valence-corrected chi connectivity index (χ4v) is 3.51. The van der Waals surface area contributed by atoms with E-state index in [1.807, 2.05) is 54.6 Å². The number of para-hydroxylation sites is 1. The van der Waals surface area contributed by atoms with E-state index in [4.69, 9.17) is 4.98 Å². The van der Waals surface area contributed by atoms with Gasteiger partial charge in [-0.25, -0.2) is 4.98 Å². The highest BCUT2D eigenvalue weighted by Gasteiger charge is 2.07. The van der Waals surface area contributed by atoms with Gasteiger partial charge in [0.05, 0.1) is 20.8 Å². The molecule has 7 heteroatoms. The molecule has 0 radical (unpaired) electrons. The molecule has 0 saturated carbocycles. The summed E-state index contributed by atoms with van der Waals surface area (Å²) in [5, 5.41) is 15.3. The van der Waals surface area contributed by atoms with Crippen LogP contribution in [0.1, 0.15) is 0 Å². The van der Waals surface area contributed by atoms with Crippen LogP contribution in [0.3, 0.4) is 0 Å². The molecule has 132 valence electrons. The fourth-order valence-electron chi connectivity index (χ4n) is 2.59. The van der Waals surface area contributed by atoms with Crippen molar-refractivity contribution in [3.05, 3.63) is 93.6 Å². The Labute approximate surface area is 158 Å². The van der Waals surface area contributed by atoms with Gasteiger partial charge < -0.3 is 0 Å². The molecule has 0 aliphatic carbocycles. The van der Waals surface area contributed by atoms with E-state index in [1.54, 1.807) is 12.1 Å². The van der Waals surface area contributed by atoms with E-state index in [1.165, 1.54) is 23.5 Å². The number of nitro benzene ring substituents is 1. The number of hydrogen-bond donors (Lipinski definition) is 1. The van der Waals surface area contributed by atoms with Gasteiger partial charge >= 0.3 is 0 Å². The van der Waals surface area contributed by atoms with Gasteiger partial charge in [-0.3, -0.25) is 15.5 Å². The lowest BCUT2D eigenvalue weighted by atomic mass is 10.2. The van der Waals surface area contributed by atoms with E-state index in [0.717, 1.165) is 26.1 Å². The summed E-state index contributed by atoms with van der Waals surface area (Å²) in [4.78, 5) is 15.1. The Bertz CT molecular complexity index is 1170. The van der Waals surface area contributed by atoms with Gasteiger partial charge in [-0.2, -0.15) is 5.10 Å². The van der Waals surface area contributed by atoms with Gasteiger partial charge in [-0.1, -0.05) is 42.5 Å². The van der Waals surface area contributed by atoms with Crippen LogP contribution in [0, 0.1) is 10.1 Å². The predicted molar refractivity (Wildman–Crippen MR) is 107 cm³/mol. The highest BCUT2D eigenvalue weighted by atomic mass is 32.1. The van der Waals surface area contributed by atoms with Crippen LogP contribution in [0.4, 0.5) is 11.4 Å². The van der Waals surface area contributed by atoms with Crippen LogP contribution in [-0.4, -0.2) is 9.91 Å². The summed E-state index contributed by atoms with van der Waals surface area (Å²) in [6, 6.07) is 23.9. The molecule has 0 saturated heterocycles. The highest BCUT2D eigenvalue weighted by Crippen LogP contribution is 2.20. The predicted octanol–water partition coefficient (Wildman–Crippen LogP) is 4.80. The number of nitro groups is 1. The lowest BCUT2D eigenvalue weighted by Gasteiger charge is -2.05. The van der Waals surface area contributed by atoms with Crippen LogP contribution < -0.4 is 10.1 Å². The molecule has 4 rings (SSSR count). The van der Waals surface area contributed by atoms with Crippen molar-refractivity contribution in [2.24, 2.45) is 5.10 Å². The molecule has 1 heterocycles. The monoisotopic (exact) mass is 374 g/mol. The first kappa shape index (κ1) is 16.9. The molecular weight excluding hydrogens is 360 g/mol. The summed E-state index contributed by atoms with van der Waals surface area (Å²) < 4.78 is 1.76. The van der Waals surface area contributed by atoms with Crippen LogP contribution in [0.15, 0.2) is 84.0 Å². The van der Waals surface area contributed by atoms with Crippen molar-refractivity contribution in [3.63, 3.8) is 0 Å². The second-order valence-electron chi connectivity index (χ2n) is 5.73. The Morgan fingerprint density at radius 1 is 0.926 bits per heavy atom.